The fourth-order valence-corrected chi connectivity index (χ4v) is 3.32. The Hall–Kier alpha value is -2.11. The fraction of sp³-hybridized carbons (Fsp3) is 0.462. The van der Waals surface area contributed by atoms with Crippen molar-refractivity contribution in [1.82, 2.24) is 20.0 Å². The van der Waals surface area contributed by atoms with E-state index in [-0.39, 0.29) is 0 Å². The number of aromatic amines is 1. The standard InChI is InChI=1S/C13H15N5O/c1-13-3-7(13)2-9-10(4-13)18(8-5-15-16-6-8)17-11(9)12(14)19/h5-7H,2-4H2,1H3,(H2,14,19)(H,15,16). The third-order valence-corrected chi connectivity index (χ3v) is 4.61. The zero-order chi connectivity index (χ0) is 13.2. The molecule has 0 bridgehead atoms. The summed E-state index contributed by atoms with van der Waals surface area (Å²) < 4.78 is 1.82. The van der Waals surface area contributed by atoms with E-state index in [9.17, 15) is 4.79 Å². The van der Waals surface area contributed by atoms with Crippen molar-refractivity contribution in [3.8, 4) is 5.69 Å². The Morgan fingerprint density at radius 3 is 3.16 bits per heavy atom. The highest BCUT2D eigenvalue weighted by molar-refractivity contribution is 5.92. The van der Waals surface area contributed by atoms with E-state index in [1.54, 1.807) is 12.4 Å². The summed E-state index contributed by atoms with van der Waals surface area (Å²) >= 11 is 0. The molecule has 0 aliphatic heterocycles. The lowest BCUT2D eigenvalue weighted by Crippen LogP contribution is -2.18. The van der Waals surface area contributed by atoms with Gasteiger partial charge in [0.1, 0.15) is 5.69 Å². The Balaban J connectivity index is 1.91. The van der Waals surface area contributed by atoms with E-state index in [4.69, 9.17) is 5.73 Å². The molecule has 2 unspecified atom stereocenters. The first-order valence-corrected chi connectivity index (χ1v) is 6.48. The normalized spacial score (nSPS) is 27.7. The summed E-state index contributed by atoms with van der Waals surface area (Å²) in [6.45, 7) is 2.30. The molecule has 19 heavy (non-hydrogen) atoms. The summed E-state index contributed by atoms with van der Waals surface area (Å²) in [5.41, 5.74) is 9.26. The van der Waals surface area contributed by atoms with Crippen LogP contribution in [0.3, 0.4) is 0 Å². The number of amides is 1. The molecule has 0 radical (unpaired) electrons. The number of nitrogens with one attached hydrogen (secondary N) is 1. The molecule has 2 aliphatic carbocycles. The molecule has 1 saturated carbocycles. The second-order valence-electron chi connectivity index (χ2n) is 5.94. The monoisotopic (exact) mass is 257 g/mol. The van der Waals surface area contributed by atoms with Gasteiger partial charge in [-0.05, 0) is 30.6 Å². The highest BCUT2D eigenvalue weighted by atomic mass is 16.1. The van der Waals surface area contributed by atoms with Crippen LogP contribution in [-0.4, -0.2) is 25.9 Å². The number of primary amides is 1. The van der Waals surface area contributed by atoms with Gasteiger partial charge in [-0.2, -0.15) is 10.2 Å². The van der Waals surface area contributed by atoms with Crippen LogP contribution in [0.2, 0.25) is 0 Å². The van der Waals surface area contributed by atoms with Crippen LogP contribution in [0.4, 0.5) is 0 Å². The van der Waals surface area contributed by atoms with Crippen molar-refractivity contribution in [2.24, 2.45) is 17.1 Å². The SMILES string of the molecule is CC12Cc3c(c(C(N)=O)nn3-c3cn[nH]c3)CC1C2. The molecule has 2 aromatic heterocycles. The van der Waals surface area contributed by atoms with Gasteiger partial charge in [-0.1, -0.05) is 6.92 Å². The Kier molecular flexibility index (Phi) is 1.85. The number of H-pyrrole nitrogens is 1. The molecule has 6 nitrogen and oxygen atoms in total. The van der Waals surface area contributed by atoms with E-state index >= 15 is 0 Å². The van der Waals surface area contributed by atoms with Crippen LogP contribution in [-0.2, 0) is 12.8 Å². The molecule has 2 aliphatic rings. The van der Waals surface area contributed by atoms with E-state index in [1.807, 2.05) is 4.68 Å². The van der Waals surface area contributed by atoms with Crippen molar-refractivity contribution in [2.45, 2.75) is 26.2 Å². The number of nitrogens with two attached hydrogens (primary N) is 1. The van der Waals surface area contributed by atoms with E-state index in [0.29, 0.717) is 17.0 Å². The first kappa shape index (κ1) is 10.8. The summed E-state index contributed by atoms with van der Waals surface area (Å²) in [6.07, 6.45) is 6.59. The first-order valence-electron chi connectivity index (χ1n) is 6.48. The lowest BCUT2D eigenvalue weighted by Gasteiger charge is -2.19. The first-order chi connectivity index (χ1) is 9.08. The molecule has 1 amide bonds. The lowest BCUT2D eigenvalue weighted by molar-refractivity contribution is 0.0994. The van der Waals surface area contributed by atoms with Gasteiger partial charge in [0, 0.05) is 17.5 Å². The minimum absolute atomic E-state index is 0.378. The Morgan fingerprint density at radius 2 is 2.47 bits per heavy atom. The summed E-state index contributed by atoms with van der Waals surface area (Å²) in [6, 6.07) is 0. The van der Waals surface area contributed by atoms with Crippen LogP contribution < -0.4 is 5.73 Å². The third kappa shape index (κ3) is 1.39. The molecule has 0 aromatic carbocycles. The summed E-state index contributed by atoms with van der Waals surface area (Å²) in [5, 5.41) is 11.1. The summed E-state index contributed by atoms with van der Waals surface area (Å²) in [7, 11) is 0. The quantitative estimate of drug-likeness (QED) is 0.834. The number of aromatic nitrogens is 4. The molecule has 98 valence electrons. The molecular formula is C13H15N5O. The fourth-order valence-electron chi connectivity index (χ4n) is 3.32. The molecular weight excluding hydrogens is 242 g/mol. The van der Waals surface area contributed by atoms with Gasteiger partial charge in [0.2, 0.25) is 0 Å². The third-order valence-electron chi connectivity index (χ3n) is 4.61. The van der Waals surface area contributed by atoms with Crippen LogP contribution in [0.1, 0.15) is 35.1 Å². The maximum absolute atomic E-state index is 11.6. The number of nitrogens with zero attached hydrogens (tertiary/aromatic N) is 3. The van der Waals surface area contributed by atoms with Crippen molar-refractivity contribution < 1.29 is 4.79 Å². The maximum atomic E-state index is 11.6. The number of carbonyl (C=O) groups excluding carboxylic acids is 1. The van der Waals surface area contributed by atoms with Gasteiger partial charge in [-0.25, -0.2) is 4.68 Å². The maximum Gasteiger partial charge on any atom is 0.269 e. The molecule has 2 atom stereocenters. The molecule has 4 rings (SSSR count). The van der Waals surface area contributed by atoms with Gasteiger partial charge >= 0.3 is 0 Å². The van der Waals surface area contributed by atoms with Crippen molar-refractivity contribution >= 4 is 5.91 Å². The topological polar surface area (TPSA) is 89.6 Å². The number of hydrogen-bond acceptors (Lipinski definition) is 3. The second kappa shape index (κ2) is 3.26. The average Bonchev–Trinajstić information content (AvgIpc) is 2.76. The molecule has 6 heteroatoms. The number of rotatable bonds is 2. The Bertz CT molecular complexity index is 672. The van der Waals surface area contributed by atoms with Crippen molar-refractivity contribution in [3.05, 3.63) is 29.3 Å². The van der Waals surface area contributed by atoms with E-state index < -0.39 is 5.91 Å². The van der Waals surface area contributed by atoms with Crippen LogP contribution in [0.15, 0.2) is 12.4 Å². The second-order valence-corrected chi connectivity index (χ2v) is 5.94. The van der Waals surface area contributed by atoms with Gasteiger partial charge in [-0.3, -0.25) is 9.89 Å². The molecule has 2 heterocycles. The van der Waals surface area contributed by atoms with Gasteiger partial charge in [0.05, 0.1) is 6.20 Å². The summed E-state index contributed by atoms with van der Waals surface area (Å²) in [4.78, 5) is 11.6. The number of fused-ring (bicyclic) bond motifs is 2. The van der Waals surface area contributed by atoms with Crippen molar-refractivity contribution in [1.29, 1.82) is 0 Å². The van der Waals surface area contributed by atoms with Crippen LogP contribution >= 0.6 is 0 Å². The Morgan fingerprint density at radius 1 is 1.63 bits per heavy atom. The Labute approximate surface area is 110 Å². The highest BCUT2D eigenvalue weighted by Crippen LogP contribution is 2.59. The van der Waals surface area contributed by atoms with Crippen LogP contribution in [0.5, 0.6) is 0 Å². The summed E-state index contributed by atoms with van der Waals surface area (Å²) in [5.74, 6) is 0.239. The average molecular weight is 257 g/mol. The van der Waals surface area contributed by atoms with Crippen LogP contribution in [0.25, 0.3) is 5.69 Å². The molecule has 0 spiro atoms. The largest absolute Gasteiger partial charge is 0.364 e. The molecule has 1 fully saturated rings. The van der Waals surface area contributed by atoms with Crippen LogP contribution in [0, 0.1) is 11.3 Å². The minimum atomic E-state index is -0.442. The number of carbonyl (C=O) groups is 1. The van der Waals surface area contributed by atoms with Crippen molar-refractivity contribution in [2.75, 3.05) is 0 Å². The van der Waals surface area contributed by atoms with E-state index in [0.717, 1.165) is 29.8 Å². The smallest absolute Gasteiger partial charge is 0.269 e. The van der Waals surface area contributed by atoms with E-state index in [2.05, 4.69) is 22.2 Å². The number of hydrogen-bond donors (Lipinski definition) is 2. The van der Waals surface area contributed by atoms with Gasteiger partial charge in [0.25, 0.3) is 5.91 Å². The molecule has 0 saturated heterocycles. The highest BCUT2D eigenvalue weighted by Gasteiger charge is 2.54. The molecule has 2 aromatic rings. The minimum Gasteiger partial charge on any atom is -0.364 e. The zero-order valence-corrected chi connectivity index (χ0v) is 10.7. The van der Waals surface area contributed by atoms with Gasteiger partial charge in [-0.15, -0.1) is 0 Å². The van der Waals surface area contributed by atoms with Gasteiger partial charge < -0.3 is 5.73 Å². The van der Waals surface area contributed by atoms with E-state index in [1.165, 1.54) is 6.42 Å². The predicted molar refractivity (Wildman–Crippen MR) is 67.8 cm³/mol. The predicted octanol–water partition coefficient (Wildman–Crippen LogP) is 0.819. The van der Waals surface area contributed by atoms with Crippen molar-refractivity contribution in [3.63, 3.8) is 0 Å². The van der Waals surface area contributed by atoms with Gasteiger partial charge in [0.15, 0.2) is 5.69 Å². The lowest BCUT2D eigenvalue weighted by atomic mass is 9.87. The molecule has 3 N–H and O–H groups in total. The zero-order valence-electron chi connectivity index (χ0n) is 10.7.